The molecule has 0 radical (unpaired) electrons. The van der Waals surface area contributed by atoms with E-state index in [0.29, 0.717) is 18.5 Å². The van der Waals surface area contributed by atoms with E-state index in [1.807, 2.05) is 0 Å². The molecular weight excluding hydrogens is 917 g/mol. The van der Waals surface area contributed by atoms with Gasteiger partial charge in [0.15, 0.2) is 34.5 Å². The molecule has 3 amide bonds. The molecule has 21 heteroatoms. The Hall–Kier alpha value is -8.46. The van der Waals surface area contributed by atoms with Crippen LogP contribution in [-0.2, 0) is 35.3 Å². The topological polar surface area (TPSA) is 277 Å². The molecule has 0 heterocycles. The summed E-state index contributed by atoms with van der Waals surface area (Å²) in [5, 5.41) is 15.4. The number of nitrogens with one attached hydrogen (secondary N) is 2. The Labute approximate surface area is 401 Å². The number of carbonyl (C=O) groups excluding carboxylic acids is 9. The highest BCUT2D eigenvalue weighted by Crippen LogP contribution is 2.35. The van der Waals surface area contributed by atoms with E-state index in [-0.39, 0.29) is 102 Å². The van der Waals surface area contributed by atoms with Crippen molar-refractivity contribution in [2.45, 2.75) is 60.9 Å². The molecule has 0 spiro atoms. The minimum Gasteiger partial charge on any atom is -0.478 e. The number of para-hydroxylation sites is 3. The Morgan fingerprint density at radius 2 is 0.871 bits per heavy atom. The number of rotatable bonds is 23. The van der Waals surface area contributed by atoms with Crippen LogP contribution in [-0.4, -0.2) is 114 Å². The number of hydrogen-bond acceptors (Lipinski definition) is 17. The van der Waals surface area contributed by atoms with Crippen molar-refractivity contribution in [1.29, 1.82) is 0 Å². The van der Waals surface area contributed by atoms with Gasteiger partial charge in [0.25, 0.3) is 17.7 Å². The molecule has 0 saturated carbocycles. The van der Waals surface area contributed by atoms with Crippen LogP contribution in [0.25, 0.3) is 0 Å². The largest absolute Gasteiger partial charge is 0.478 e. The zero-order valence-electron chi connectivity index (χ0n) is 39.2. The third kappa shape index (κ3) is 16.4. The zero-order chi connectivity index (χ0) is 51.5. The van der Waals surface area contributed by atoms with E-state index in [1.165, 1.54) is 88.7 Å². The number of carbonyl (C=O) groups is 10. The second-order valence-corrected chi connectivity index (χ2v) is 15.2. The van der Waals surface area contributed by atoms with E-state index >= 15 is 0 Å². The molecule has 0 fully saturated rings. The fourth-order valence-electron chi connectivity index (χ4n) is 6.70. The lowest BCUT2D eigenvalue weighted by Crippen LogP contribution is -2.40. The summed E-state index contributed by atoms with van der Waals surface area (Å²) in [7, 11) is 0. The second kappa shape index (κ2) is 26.2. The molecule has 4 rings (SSSR count). The SMILES string of the molecule is CC(=O)Oc1cccc(C(=O)NCCCNCCN(CCCN(Cc2ccc(C(=O)O)cc2)C(=O)c2cccc(OC(C)=O)c2OC(C)=O)C(=O)c2cccc(OC(C)=O)c2OC(C)=O)c1OC(C)=O. The van der Waals surface area contributed by atoms with Gasteiger partial charge in [0.1, 0.15) is 0 Å². The number of nitrogens with zero attached hydrogens (tertiary/aromatic N) is 2. The Kier molecular flexibility index (Phi) is 20.3. The predicted molar refractivity (Wildman–Crippen MR) is 246 cm³/mol. The molecule has 0 saturated heterocycles. The van der Waals surface area contributed by atoms with Crippen molar-refractivity contribution >= 4 is 59.5 Å². The highest BCUT2D eigenvalue weighted by atomic mass is 16.6. The first-order valence-electron chi connectivity index (χ1n) is 21.6. The standard InChI is InChI=1S/C49H52N4O17/c1-29(54)65-40-15-7-12-37(43(40)68-32(4)57)46(60)51-23-10-22-50-24-27-52(47(61)38-13-8-16-41(66-30(2)55)44(38)69-33(5)58)25-11-26-53(28-35-18-20-36(21-19-35)49(63)64)48(62)39-14-9-17-42(67-31(3)56)45(39)70-34(6)59/h7-9,12-21,50H,10-11,22-28H2,1-6H3,(H,51,60)(H,63,64). The number of ether oxygens (including phenoxy) is 6. The highest BCUT2D eigenvalue weighted by Gasteiger charge is 2.28. The van der Waals surface area contributed by atoms with Gasteiger partial charge < -0.3 is 54.0 Å². The van der Waals surface area contributed by atoms with Crippen molar-refractivity contribution in [3.8, 4) is 34.5 Å². The highest BCUT2D eigenvalue weighted by molar-refractivity contribution is 6.00. The molecule has 4 aromatic rings. The lowest BCUT2D eigenvalue weighted by molar-refractivity contribution is -0.134. The monoisotopic (exact) mass is 968 g/mol. The summed E-state index contributed by atoms with van der Waals surface area (Å²) in [4.78, 5) is 128. The minimum atomic E-state index is -1.16. The average Bonchev–Trinajstić information content (AvgIpc) is 3.28. The van der Waals surface area contributed by atoms with Crippen LogP contribution in [0.15, 0.2) is 78.9 Å². The maximum atomic E-state index is 14.5. The lowest BCUT2D eigenvalue weighted by Gasteiger charge is -2.28. The molecule has 0 unspecified atom stereocenters. The normalized spacial score (nSPS) is 10.5. The van der Waals surface area contributed by atoms with Gasteiger partial charge in [0.05, 0.1) is 22.3 Å². The summed E-state index contributed by atoms with van der Waals surface area (Å²) in [5.74, 6) is -8.92. The minimum absolute atomic E-state index is 0.00406. The molecule has 0 aliphatic rings. The van der Waals surface area contributed by atoms with Gasteiger partial charge in [-0.3, -0.25) is 43.2 Å². The van der Waals surface area contributed by atoms with Gasteiger partial charge >= 0.3 is 41.8 Å². The van der Waals surface area contributed by atoms with Crippen molar-refractivity contribution in [2.24, 2.45) is 0 Å². The smallest absolute Gasteiger partial charge is 0.335 e. The summed E-state index contributed by atoms with van der Waals surface area (Å²) in [6, 6.07) is 18.3. The van der Waals surface area contributed by atoms with Crippen LogP contribution in [0.1, 0.15) is 101 Å². The molecule has 3 N–H and O–H groups in total. The van der Waals surface area contributed by atoms with E-state index in [4.69, 9.17) is 28.4 Å². The second-order valence-electron chi connectivity index (χ2n) is 15.2. The van der Waals surface area contributed by atoms with Gasteiger partial charge in [-0.25, -0.2) is 4.79 Å². The third-order valence-corrected chi connectivity index (χ3v) is 9.52. The summed E-state index contributed by atoms with van der Waals surface area (Å²) in [6.07, 6.45) is 0.482. The number of amides is 3. The number of benzene rings is 4. The zero-order valence-corrected chi connectivity index (χ0v) is 39.2. The van der Waals surface area contributed by atoms with Crippen LogP contribution in [0.3, 0.4) is 0 Å². The molecule has 0 aliphatic heterocycles. The van der Waals surface area contributed by atoms with Crippen LogP contribution in [0.4, 0.5) is 0 Å². The Bertz CT molecular complexity index is 2630. The summed E-state index contributed by atoms with van der Waals surface area (Å²) >= 11 is 0. The maximum Gasteiger partial charge on any atom is 0.335 e. The average molecular weight is 969 g/mol. The van der Waals surface area contributed by atoms with E-state index in [1.54, 1.807) is 0 Å². The summed E-state index contributed by atoms with van der Waals surface area (Å²) in [6.45, 7) is 7.27. The molecule has 21 nitrogen and oxygen atoms in total. The molecule has 0 aliphatic carbocycles. The van der Waals surface area contributed by atoms with Gasteiger partial charge in [-0.1, -0.05) is 30.3 Å². The van der Waals surface area contributed by atoms with Crippen molar-refractivity contribution in [3.63, 3.8) is 0 Å². The molecule has 370 valence electrons. The fraction of sp³-hybridized carbons (Fsp3) is 0.306. The van der Waals surface area contributed by atoms with E-state index < -0.39 is 59.5 Å². The van der Waals surface area contributed by atoms with Crippen molar-refractivity contribution < 1.29 is 81.5 Å². The molecule has 0 aromatic heterocycles. The third-order valence-electron chi connectivity index (χ3n) is 9.52. The molecular formula is C49H52N4O17. The van der Waals surface area contributed by atoms with Crippen LogP contribution >= 0.6 is 0 Å². The first kappa shape index (κ1) is 54.1. The number of aromatic carboxylic acids is 1. The number of carboxylic acids is 1. The van der Waals surface area contributed by atoms with E-state index in [9.17, 15) is 53.1 Å². The number of esters is 6. The molecule has 70 heavy (non-hydrogen) atoms. The lowest BCUT2D eigenvalue weighted by atomic mass is 10.1. The van der Waals surface area contributed by atoms with Crippen LogP contribution in [0.2, 0.25) is 0 Å². The van der Waals surface area contributed by atoms with Gasteiger partial charge in [-0.15, -0.1) is 0 Å². The van der Waals surface area contributed by atoms with Gasteiger partial charge in [0, 0.05) is 80.8 Å². The molecule has 0 atom stereocenters. The van der Waals surface area contributed by atoms with Crippen molar-refractivity contribution in [1.82, 2.24) is 20.4 Å². The number of hydrogen-bond donors (Lipinski definition) is 3. The van der Waals surface area contributed by atoms with Crippen LogP contribution in [0, 0.1) is 0 Å². The summed E-state index contributed by atoms with van der Waals surface area (Å²) in [5.41, 5.74) is 0.217. The van der Waals surface area contributed by atoms with Crippen molar-refractivity contribution in [2.75, 3.05) is 39.3 Å². The first-order chi connectivity index (χ1) is 33.2. The predicted octanol–water partition coefficient (Wildman–Crippen LogP) is 4.52. The first-order valence-corrected chi connectivity index (χ1v) is 21.6. The number of carboxylic acid groups (broad SMARTS) is 1. The summed E-state index contributed by atoms with van der Waals surface area (Å²) < 4.78 is 31.6. The molecule has 4 aromatic carbocycles. The van der Waals surface area contributed by atoms with Gasteiger partial charge in [-0.05, 0) is 73.5 Å². The van der Waals surface area contributed by atoms with Crippen LogP contribution in [0.5, 0.6) is 34.5 Å². The Morgan fingerprint density at radius 3 is 1.31 bits per heavy atom. The maximum absolute atomic E-state index is 14.5. The van der Waals surface area contributed by atoms with E-state index in [2.05, 4.69) is 10.6 Å². The Morgan fingerprint density at radius 1 is 0.457 bits per heavy atom. The quantitative estimate of drug-likeness (QED) is 0.0523. The van der Waals surface area contributed by atoms with Gasteiger partial charge in [0.2, 0.25) is 0 Å². The Balaban J connectivity index is 1.58. The molecule has 0 bridgehead atoms. The van der Waals surface area contributed by atoms with Gasteiger partial charge in [-0.2, -0.15) is 0 Å². The van der Waals surface area contributed by atoms with Crippen LogP contribution < -0.4 is 39.1 Å². The fourth-order valence-corrected chi connectivity index (χ4v) is 6.70. The van der Waals surface area contributed by atoms with Crippen molar-refractivity contribution in [3.05, 3.63) is 107 Å². The van der Waals surface area contributed by atoms with E-state index in [0.717, 1.165) is 41.5 Å².